The number of aromatic nitrogens is 1. The number of rotatable bonds is 3. The molecule has 1 heterocycles. The van der Waals surface area contributed by atoms with Crippen LogP contribution < -0.4 is 9.47 Å². The van der Waals surface area contributed by atoms with Crippen LogP contribution in [-0.4, -0.2) is 19.2 Å². The molecule has 0 unspecified atom stereocenters. The van der Waals surface area contributed by atoms with Gasteiger partial charge in [-0.15, -0.1) is 0 Å². The molecular formula is C14H12N2O2. The molecule has 1 aromatic carbocycles. The molecule has 0 aliphatic carbocycles. The minimum Gasteiger partial charge on any atom is -0.495 e. The fraction of sp³-hybridized carbons (Fsp3) is 0.143. The Morgan fingerprint density at radius 2 is 1.89 bits per heavy atom. The van der Waals surface area contributed by atoms with Crippen LogP contribution in [0.2, 0.25) is 0 Å². The summed E-state index contributed by atoms with van der Waals surface area (Å²) in [4.78, 5) is 4.10. The van der Waals surface area contributed by atoms with Gasteiger partial charge in [-0.05, 0) is 23.8 Å². The van der Waals surface area contributed by atoms with E-state index >= 15 is 0 Å². The summed E-state index contributed by atoms with van der Waals surface area (Å²) >= 11 is 0. The zero-order chi connectivity index (χ0) is 13.0. The van der Waals surface area contributed by atoms with Crippen molar-refractivity contribution in [1.29, 1.82) is 5.26 Å². The van der Waals surface area contributed by atoms with E-state index in [2.05, 4.69) is 11.1 Å². The second-order valence-electron chi connectivity index (χ2n) is 3.64. The van der Waals surface area contributed by atoms with Crippen molar-refractivity contribution < 1.29 is 9.47 Å². The summed E-state index contributed by atoms with van der Waals surface area (Å²) in [7, 11) is 3.14. The van der Waals surface area contributed by atoms with E-state index in [0.717, 1.165) is 11.1 Å². The Morgan fingerprint density at radius 1 is 1.06 bits per heavy atom. The van der Waals surface area contributed by atoms with Crippen molar-refractivity contribution in [2.45, 2.75) is 0 Å². The molecule has 1 aromatic heterocycles. The van der Waals surface area contributed by atoms with E-state index < -0.39 is 0 Å². The predicted octanol–water partition coefficient (Wildman–Crippen LogP) is 2.64. The van der Waals surface area contributed by atoms with Gasteiger partial charge < -0.3 is 9.47 Å². The van der Waals surface area contributed by atoms with E-state index in [4.69, 9.17) is 14.7 Å². The Labute approximate surface area is 105 Å². The van der Waals surface area contributed by atoms with Crippen LogP contribution in [0.5, 0.6) is 11.5 Å². The Hall–Kier alpha value is -2.54. The zero-order valence-corrected chi connectivity index (χ0v) is 10.2. The first kappa shape index (κ1) is 11.9. The Bertz CT molecular complexity index is 603. The van der Waals surface area contributed by atoms with Gasteiger partial charge in [0.1, 0.15) is 17.6 Å². The van der Waals surface area contributed by atoms with Crippen LogP contribution in [0.3, 0.4) is 0 Å². The van der Waals surface area contributed by atoms with E-state index in [1.807, 2.05) is 18.2 Å². The third-order valence-electron chi connectivity index (χ3n) is 2.60. The Morgan fingerprint density at radius 3 is 2.56 bits per heavy atom. The van der Waals surface area contributed by atoms with Crippen molar-refractivity contribution in [2.24, 2.45) is 0 Å². The summed E-state index contributed by atoms with van der Waals surface area (Å²) in [5.74, 6) is 1.24. The lowest BCUT2D eigenvalue weighted by atomic mass is 10.0. The highest BCUT2D eigenvalue weighted by atomic mass is 16.5. The van der Waals surface area contributed by atoms with Crippen LogP contribution in [0.25, 0.3) is 11.1 Å². The molecule has 0 fully saturated rings. The molecule has 0 bridgehead atoms. The summed E-state index contributed by atoms with van der Waals surface area (Å²) in [6, 6.07) is 9.37. The molecule has 0 N–H and O–H groups in total. The van der Waals surface area contributed by atoms with E-state index in [-0.39, 0.29) is 0 Å². The molecule has 0 aliphatic rings. The lowest BCUT2D eigenvalue weighted by molar-refractivity contribution is 0.412. The van der Waals surface area contributed by atoms with Crippen LogP contribution in [0, 0.1) is 11.3 Å². The van der Waals surface area contributed by atoms with Crippen molar-refractivity contribution in [3.05, 3.63) is 42.2 Å². The third kappa shape index (κ3) is 2.25. The second-order valence-corrected chi connectivity index (χ2v) is 3.64. The first-order valence-electron chi connectivity index (χ1n) is 5.36. The second kappa shape index (κ2) is 5.19. The van der Waals surface area contributed by atoms with E-state index in [1.54, 1.807) is 32.7 Å². The van der Waals surface area contributed by atoms with Crippen LogP contribution in [-0.2, 0) is 0 Å². The van der Waals surface area contributed by atoms with Crippen molar-refractivity contribution >= 4 is 0 Å². The molecule has 2 rings (SSSR count). The zero-order valence-electron chi connectivity index (χ0n) is 10.2. The van der Waals surface area contributed by atoms with Crippen LogP contribution >= 0.6 is 0 Å². The highest BCUT2D eigenvalue weighted by molar-refractivity contribution is 5.67. The first-order valence-corrected chi connectivity index (χ1v) is 5.36. The SMILES string of the molecule is COc1cncc(-c2ccc(C#N)c(OC)c2)c1. The van der Waals surface area contributed by atoms with E-state index in [9.17, 15) is 0 Å². The van der Waals surface area contributed by atoms with Gasteiger partial charge in [-0.1, -0.05) is 6.07 Å². The van der Waals surface area contributed by atoms with Crippen LogP contribution in [0.1, 0.15) is 5.56 Å². The standard InChI is InChI=1S/C14H12N2O2/c1-17-13-5-12(8-16-9-13)10-3-4-11(7-15)14(6-10)18-2/h3-6,8-9H,1-2H3. The molecule has 4 heteroatoms. The number of nitrogens with zero attached hydrogens (tertiary/aromatic N) is 2. The van der Waals surface area contributed by atoms with Crippen molar-refractivity contribution in [3.8, 4) is 28.7 Å². The summed E-state index contributed by atoms with van der Waals surface area (Å²) in [5, 5.41) is 8.93. The topological polar surface area (TPSA) is 55.1 Å². The van der Waals surface area contributed by atoms with Crippen molar-refractivity contribution in [2.75, 3.05) is 14.2 Å². The van der Waals surface area contributed by atoms with E-state index in [0.29, 0.717) is 17.1 Å². The van der Waals surface area contributed by atoms with Gasteiger partial charge in [0.05, 0.1) is 26.0 Å². The van der Waals surface area contributed by atoms with Gasteiger partial charge in [-0.3, -0.25) is 4.98 Å². The molecule has 0 spiro atoms. The van der Waals surface area contributed by atoms with Gasteiger partial charge in [-0.25, -0.2) is 0 Å². The maximum absolute atomic E-state index is 8.93. The smallest absolute Gasteiger partial charge is 0.137 e. The maximum atomic E-state index is 8.93. The quantitative estimate of drug-likeness (QED) is 0.827. The largest absolute Gasteiger partial charge is 0.495 e. The number of ether oxygens (including phenoxy) is 2. The molecule has 0 amide bonds. The van der Waals surface area contributed by atoms with Gasteiger partial charge in [0, 0.05) is 11.8 Å². The van der Waals surface area contributed by atoms with Gasteiger partial charge in [0.25, 0.3) is 0 Å². The summed E-state index contributed by atoms with van der Waals surface area (Å²) < 4.78 is 10.3. The summed E-state index contributed by atoms with van der Waals surface area (Å²) in [5.41, 5.74) is 2.35. The van der Waals surface area contributed by atoms with Crippen LogP contribution in [0.15, 0.2) is 36.7 Å². The number of nitriles is 1. The molecule has 18 heavy (non-hydrogen) atoms. The highest BCUT2D eigenvalue weighted by Gasteiger charge is 2.06. The summed E-state index contributed by atoms with van der Waals surface area (Å²) in [6.07, 6.45) is 3.38. The van der Waals surface area contributed by atoms with Crippen molar-refractivity contribution in [3.63, 3.8) is 0 Å². The molecular weight excluding hydrogens is 228 g/mol. The van der Waals surface area contributed by atoms with Gasteiger partial charge >= 0.3 is 0 Å². The molecule has 2 aromatic rings. The number of pyridine rings is 1. The normalized spacial score (nSPS) is 9.61. The molecule has 4 nitrogen and oxygen atoms in total. The molecule has 0 saturated heterocycles. The molecule has 0 atom stereocenters. The van der Waals surface area contributed by atoms with E-state index in [1.165, 1.54) is 0 Å². The maximum Gasteiger partial charge on any atom is 0.137 e. The lowest BCUT2D eigenvalue weighted by Gasteiger charge is -2.07. The average Bonchev–Trinajstić information content (AvgIpc) is 2.46. The summed E-state index contributed by atoms with van der Waals surface area (Å²) in [6.45, 7) is 0. The first-order chi connectivity index (χ1) is 8.78. The predicted molar refractivity (Wildman–Crippen MR) is 67.5 cm³/mol. The number of hydrogen-bond acceptors (Lipinski definition) is 4. The lowest BCUT2D eigenvalue weighted by Crippen LogP contribution is -1.90. The molecule has 0 radical (unpaired) electrons. The third-order valence-corrected chi connectivity index (χ3v) is 2.60. The number of benzene rings is 1. The molecule has 0 saturated carbocycles. The minimum absolute atomic E-state index is 0.511. The minimum atomic E-state index is 0.511. The highest BCUT2D eigenvalue weighted by Crippen LogP contribution is 2.28. The Kier molecular flexibility index (Phi) is 3.44. The fourth-order valence-electron chi connectivity index (χ4n) is 1.65. The van der Waals surface area contributed by atoms with Gasteiger partial charge in [0.15, 0.2) is 0 Å². The van der Waals surface area contributed by atoms with Crippen molar-refractivity contribution in [1.82, 2.24) is 4.98 Å². The number of methoxy groups -OCH3 is 2. The van der Waals surface area contributed by atoms with Crippen LogP contribution in [0.4, 0.5) is 0 Å². The number of hydrogen-bond donors (Lipinski definition) is 0. The Balaban J connectivity index is 2.48. The fourth-order valence-corrected chi connectivity index (χ4v) is 1.65. The van der Waals surface area contributed by atoms with Gasteiger partial charge in [0.2, 0.25) is 0 Å². The molecule has 0 aliphatic heterocycles. The monoisotopic (exact) mass is 240 g/mol. The van der Waals surface area contributed by atoms with Gasteiger partial charge in [-0.2, -0.15) is 5.26 Å². The molecule has 90 valence electrons. The average molecular weight is 240 g/mol.